The molecule has 2 aromatic carbocycles. The maximum atomic E-state index is 12.2. The van der Waals surface area contributed by atoms with E-state index in [0.29, 0.717) is 22.4 Å². The Hall–Kier alpha value is -2.82. The zero-order valence-electron chi connectivity index (χ0n) is 13.4. The number of rotatable bonds is 5. The summed E-state index contributed by atoms with van der Waals surface area (Å²) in [7, 11) is 2.88. The van der Waals surface area contributed by atoms with Gasteiger partial charge in [0.05, 0.1) is 19.8 Å². The number of methoxy groups -OCH3 is 2. The first-order valence-electron chi connectivity index (χ1n) is 7.15. The third-order valence-corrected chi connectivity index (χ3v) is 3.44. The van der Waals surface area contributed by atoms with Crippen LogP contribution in [0.5, 0.6) is 5.75 Å². The molecule has 0 spiro atoms. The largest absolute Gasteiger partial charge is 0.497 e. The quantitative estimate of drug-likeness (QED) is 0.862. The second-order valence-electron chi connectivity index (χ2n) is 5.07. The van der Waals surface area contributed by atoms with E-state index in [0.717, 1.165) is 5.56 Å². The molecule has 0 aromatic heterocycles. The molecule has 0 bridgehead atoms. The second-order valence-corrected chi connectivity index (χ2v) is 5.07. The van der Waals surface area contributed by atoms with Crippen LogP contribution < -0.4 is 10.1 Å². The summed E-state index contributed by atoms with van der Waals surface area (Å²) in [5.74, 6) is -0.0390. The third-order valence-electron chi connectivity index (χ3n) is 3.44. The van der Waals surface area contributed by atoms with Gasteiger partial charge in [-0.3, -0.25) is 4.79 Å². The molecular formula is C18H19NO4. The molecule has 0 fully saturated rings. The molecule has 0 radical (unpaired) electrons. The highest BCUT2D eigenvalue weighted by molar-refractivity contribution is 5.95. The van der Waals surface area contributed by atoms with Crippen LogP contribution in [0.3, 0.4) is 0 Å². The van der Waals surface area contributed by atoms with Crippen molar-refractivity contribution in [2.45, 2.75) is 13.5 Å². The zero-order valence-corrected chi connectivity index (χ0v) is 13.4. The number of amides is 1. The van der Waals surface area contributed by atoms with E-state index in [4.69, 9.17) is 9.47 Å². The Morgan fingerprint density at radius 1 is 1.09 bits per heavy atom. The highest BCUT2D eigenvalue weighted by atomic mass is 16.5. The van der Waals surface area contributed by atoms with Gasteiger partial charge in [0, 0.05) is 12.1 Å². The Balaban J connectivity index is 2.14. The van der Waals surface area contributed by atoms with Gasteiger partial charge in [-0.1, -0.05) is 23.8 Å². The first-order valence-corrected chi connectivity index (χ1v) is 7.15. The number of esters is 1. The smallest absolute Gasteiger partial charge is 0.338 e. The summed E-state index contributed by atoms with van der Waals surface area (Å²) in [6.45, 7) is 2.13. The van der Waals surface area contributed by atoms with Gasteiger partial charge >= 0.3 is 5.97 Å². The zero-order chi connectivity index (χ0) is 16.8. The second kappa shape index (κ2) is 7.45. The van der Waals surface area contributed by atoms with Crippen LogP contribution in [-0.2, 0) is 11.3 Å². The fourth-order valence-corrected chi connectivity index (χ4v) is 2.19. The molecule has 0 heterocycles. The van der Waals surface area contributed by atoms with E-state index in [1.54, 1.807) is 37.4 Å². The molecule has 120 valence electrons. The molecule has 0 saturated carbocycles. The molecule has 0 saturated heterocycles. The van der Waals surface area contributed by atoms with Gasteiger partial charge in [-0.25, -0.2) is 4.79 Å². The lowest BCUT2D eigenvalue weighted by atomic mass is 10.0. The van der Waals surface area contributed by atoms with Gasteiger partial charge in [0.15, 0.2) is 0 Å². The van der Waals surface area contributed by atoms with Crippen molar-refractivity contribution in [1.29, 1.82) is 0 Å². The minimum Gasteiger partial charge on any atom is -0.497 e. The van der Waals surface area contributed by atoms with Gasteiger partial charge < -0.3 is 14.8 Å². The molecule has 0 aliphatic carbocycles. The van der Waals surface area contributed by atoms with Gasteiger partial charge in [-0.05, 0) is 36.8 Å². The van der Waals surface area contributed by atoms with Crippen LogP contribution in [0.4, 0.5) is 0 Å². The lowest BCUT2D eigenvalue weighted by Gasteiger charge is -2.11. The molecule has 0 unspecified atom stereocenters. The van der Waals surface area contributed by atoms with Crippen molar-refractivity contribution >= 4 is 11.9 Å². The predicted molar refractivity (Wildman–Crippen MR) is 86.7 cm³/mol. The van der Waals surface area contributed by atoms with Crippen molar-refractivity contribution < 1.29 is 19.1 Å². The average molecular weight is 313 g/mol. The van der Waals surface area contributed by atoms with Crippen LogP contribution in [-0.4, -0.2) is 26.1 Å². The Morgan fingerprint density at radius 3 is 2.57 bits per heavy atom. The summed E-state index contributed by atoms with van der Waals surface area (Å²) in [5.41, 5.74) is 2.61. The number of hydrogen-bond donors (Lipinski definition) is 1. The van der Waals surface area contributed by atoms with Crippen molar-refractivity contribution in [2.24, 2.45) is 0 Å². The third kappa shape index (κ3) is 4.10. The SMILES string of the molecule is COC(=O)c1cc(C)ccc1CNC(=O)c1cccc(OC)c1. The molecule has 1 amide bonds. The first-order chi connectivity index (χ1) is 11.0. The van der Waals surface area contributed by atoms with E-state index >= 15 is 0 Å². The molecule has 1 N–H and O–H groups in total. The van der Waals surface area contributed by atoms with Gasteiger partial charge in [0.1, 0.15) is 5.75 Å². The first kappa shape index (κ1) is 16.5. The fraction of sp³-hybridized carbons (Fsp3) is 0.222. The summed E-state index contributed by atoms with van der Waals surface area (Å²) < 4.78 is 9.89. The summed E-state index contributed by atoms with van der Waals surface area (Å²) in [5, 5.41) is 2.80. The molecule has 23 heavy (non-hydrogen) atoms. The van der Waals surface area contributed by atoms with E-state index in [-0.39, 0.29) is 12.5 Å². The van der Waals surface area contributed by atoms with Crippen molar-refractivity contribution in [1.82, 2.24) is 5.32 Å². The van der Waals surface area contributed by atoms with E-state index in [1.165, 1.54) is 7.11 Å². The van der Waals surface area contributed by atoms with Crippen LogP contribution in [0.2, 0.25) is 0 Å². The highest BCUT2D eigenvalue weighted by Crippen LogP contribution is 2.15. The van der Waals surface area contributed by atoms with Crippen LogP contribution in [0, 0.1) is 6.92 Å². The van der Waals surface area contributed by atoms with E-state index in [1.807, 2.05) is 19.1 Å². The summed E-state index contributed by atoms with van der Waals surface area (Å²) in [6.07, 6.45) is 0. The minimum absolute atomic E-state index is 0.236. The van der Waals surface area contributed by atoms with Crippen molar-refractivity contribution in [3.8, 4) is 5.75 Å². The lowest BCUT2D eigenvalue weighted by Crippen LogP contribution is -2.24. The van der Waals surface area contributed by atoms with E-state index < -0.39 is 5.97 Å². The average Bonchev–Trinajstić information content (AvgIpc) is 2.59. The summed E-state index contributed by atoms with van der Waals surface area (Å²) in [6, 6.07) is 12.3. The monoisotopic (exact) mass is 313 g/mol. The predicted octanol–water partition coefficient (Wildman–Crippen LogP) is 2.72. The van der Waals surface area contributed by atoms with Crippen LogP contribution in [0.25, 0.3) is 0 Å². The molecule has 2 aromatic rings. The number of aryl methyl sites for hydroxylation is 1. The summed E-state index contributed by atoms with van der Waals surface area (Å²) in [4.78, 5) is 24.1. The van der Waals surface area contributed by atoms with Gasteiger partial charge in [0.25, 0.3) is 5.91 Å². The molecule has 0 aliphatic rings. The van der Waals surface area contributed by atoms with Gasteiger partial charge in [-0.15, -0.1) is 0 Å². The number of hydrogen-bond acceptors (Lipinski definition) is 4. The topological polar surface area (TPSA) is 64.6 Å². The fourth-order valence-electron chi connectivity index (χ4n) is 2.19. The molecule has 0 aliphatic heterocycles. The number of benzene rings is 2. The minimum atomic E-state index is -0.417. The lowest BCUT2D eigenvalue weighted by molar-refractivity contribution is 0.0598. The Morgan fingerprint density at radius 2 is 1.87 bits per heavy atom. The molecule has 5 heteroatoms. The van der Waals surface area contributed by atoms with Gasteiger partial charge in [-0.2, -0.15) is 0 Å². The highest BCUT2D eigenvalue weighted by Gasteiger charge is 2.13. The van der Waals surface area contributed by atoms with Crippen LogP contribution in [0.1, 0.15) is 31.8 Å². The number of carbonyl (C=O) groups is 2. The van der Waals surface area contributed by atoms with Crippen LogP contribution >= 0.6 is 0 Å². The van der Waals surface area contributed by atoms with Crippen molar-refractivity contribution in [3.05, 3.63) is 64.7 Å². The Kier molecular flexibility index (Phi) is 5.36. The molecule has 2 rings (SSSR count). The number of ether oxygens (including phenoxy) is 2. The molecular weight excluding hydrogens is 294 g/mol. The molecule has 5 nitrogen and oxygen atoms in total. The van der Waals surface area contributed by atoms with Crippen molar-refractivity contribution in [3.63, 3.8) is 0 Å². The van der Waals surface area contributed by atoms with Crippen LogP contribution in [0.15, 0.2) is 42.5 Å². The van der Waals surface area contributed by atoms with E-state index in [2.05, 4.69) is 5.32 Å². The van der Waals surface area contributed by atoms with Gasteiger partial charge in [0.2, 0.25) is 0 Å². The Labute approximate surface area is 135 Å². The normalized spacial score (nSPS) is 10.0. The molecule has 0 atom stereocenters. The maximum Gasteiger partial charge on any atom is 0.338 e. The van der Waals surface area contributed by atoms with E-state index in [9.17, 15) is 9.59 Å². The summed E-state index contributed by atoms with van der Waals surface area (Å²) >= 11 is 0. The maximum absolute atomic E-state index is 12.2. The van der Waals surface area contributed by atoms with Crippen molar-refractivity contribution in [2.75, 3.05) is 14.2 Å². The number of carbonyl (C=O) groups excluding carboxylic acids is 2. The standard InChI is InChI=1S/C18H19NO4/c1-12-7-8-14(16(9-12)18(21)23-3)11-19-17(20)13-5-4-6-15(10-13)22-2/h4-10H,11H2,1-3H3,(H,19,20). The Bertz CT molecular complexity index is 725. The number of nitrogens with one attached hydrogen (secondary N) is 1.